The first-order valence-electron chi connectivity index (χ1n) is 10.3. The van der Waals surface area contributed by atoms with Crippen molar-refractivity contribution in [1.82, 2.24) is 20.8 Å². The Morgan fingerprint density at radius 1 is 1.17 bits per heavy atom. The average Bonchev–Trinajstić information content (AvgIpc) is 3.20. The van der Waals surface area contributed by atoms with E-state index in [2.05, 4.69) is 39.6 Å². The number of rotatable bonds is 13. The van der Waals surface area contributed by atoms with Crippen LogP contribution in [0.25, 0.3) is 11.5 Å². The van der Waals surface area contributed by atoms with Crippen molar-refractivity contribution in [2.45, 2.75) is 39.7 Å². The van der Waals surface area contributed by atoms with Gasteiger partial charge >= 0.3 is 0 Å². The monoisotopic (exact) mass is 403 g/mol. The molecule has 0 atom stereocenters. The molecular weight excluding hydrogens is 370 g/mol. The van der Waals surface area contributed by atoms with Crippen LogP contribution >= 0.6 is 0 Å². The molecule has 2 N–H and O–H groups in total. The lowest BCUT2D eigenvalue weighted by molar-refractivity contribution is 0.0698. The van der Waals surface area contributed by atoms with Gasteiger partial charge in [0.1, 0.15) is 0 Å². The highest BCUT2D eigenvalue weighted by Crippen LogP contribution is 2.19. The Balaban J connectivity index is 1.87. The van der Waals surface area contributed by atoms with E-state index >= 15 is 0 Å². The molecule has 8 nitrogen and oxygen atoms in total. The van der Waals surface area contributed by atoms with Crippen LogP contribution in [0.3, 0.4) is 0 Å². The maximum Gasteiger partial charge on any atom is 0.257 e. The number of guanidine groups is 1. The molecule has 0 bridgehead atoms. The van der Waals surface area contributed by atoms with Gasteiger partial charge in [-0.15, -0.1) is 0 Å². The van der Waals surface area contributed by atoms with Gasteiger partial charge in [-0.1, -0.05) is 24.2 Å². The van der Waals surface area contributed by atoms with Gasteiger partial charge in [0.05, 0.1) is 19.8 Å². The summed E-state index contributed by atoms with van der Waals surface area (Å²) in [5, 5.41) is 10.6. The van der Waals surface area contributed by atoms with Gasteiger partial charge < -0.3 is 24.6 Å². The molecule has 29 heavy (non-hydrogen) atoms. The summed E-state index contributed by atoms with van der Waals surface area (Å²) in [6.07, 6.45) is 2.72. The maximum atomic E-state index is 5.47. The smallest absolute Gasteiger partial charge is 0.257 e. The molecule has 0 aliphatic heterocycles. The summed E-state index contributed by atoms with van der Waals surface area (Å²) in [5.74, 6) is 2.09. The molecule has 0 unspecified atom stereocenters. The first-order chi connectivity index (χ1) is 14.3. The normalized spacial score (nSPS) is 11.6. The van der Waals surface area contributed by atoms with Crippen LogP contribution in [0.5, 0.6) is 0 Å². The molecule has 0 spiro atoms. The number of hydrogen-bond donors (Lipinski definition) is 2. The molecule has 160 valence electrons. The number of nitrogens with one attached hydrogen (secondary N) is 2. The second-order valence-corrected chi connectivity index (χ2v) is 6.55. The molecule has 0 saturated heterocycles. The molecule has 0 amide bonds. The maximum absolute atomic E-state index is 5.47. The third-order valence-electron chi connectivity index (χ3n) is 4.07. The Kier molecular flexibility index (Phi) is 10.8. The molecule has 0 radical (unpaired) electrons. The SMILES string of the molecule is CCCc1noc(-c2cccc(CN=C(NCC)NCCCOCCOC)c2)n1. The summed E-state index contributed by atoms with van der Waals surface area (Å²) in [6.45, 7) is 8.25. The standard InChI is InChI=1S/C21H33N5O3/c1-4-8-19-25-20(29-26-19)18-10-6-9-17(15-18)16-24-21(22-5-2)23-11-7-12-28-14-13-27-3/h6,9-10,15H,4-5,7-8,11-14,16H2,1-3H3,(H2,22,23,24). The fraction of sp³-hybridized carbons (Fsp3) is 0.571. The number of ether oxygens (including phenoxy) is 2. The fourth-order valence-corrected chi connectivity index (χ4v) is 2.64. The Labute approximate surface area is 173 Å². The number of benzene rings is 1. The average molecular weight is 404 g/mol. The number of hydrogen-bond acceptors (Lipinski definition) is 6. The molecule has 2 rings (SSSR count). The van der Waals surface area contributed by atoms with Gasteiger partial charge in [0.15, 0.2) is 11.8 Å². The summed E-state index contributed by atoms with van der Waals surface area (Å²) < 4.78 is 15.8. The molecule has 0 aliphatic carbocycles. The fourth-order valence-electron chi connectivity index (χ4n) is 2.64. The van der Waals surface area contributed by atoms with Gasteiger partial charge in [-0.25, -0.2) is 4.99 Å². The lowest BCUT2D eigenvalue weighted by Gasteiger charge is -2.11. The summed E-state index contributed by atoms with van der Waals surface area (Å²) in [5.41, 5.74) is 2.00. The predicted molar refractivity (Wildman–Crippen MR) is 114 cm³/mol. The predicted octanol–water partition coefficient (Wildman–Crippen LogP) is 2.80. The first-order valence-corrected chi connectivity index (χ1v) is 10.3. The second kappa shape index (κ2) is 13.7. The van der Waals surface area contributed by atoms with Crippen LogP contribution in [-0.4, -0.2) is 56.1 Å². The van der Waals surface area contributed by atoms with Gasteiger partial charge in [0.2, 0.25) is 0 Å². The van der Waals surface area contributed by atoms with Crippen molar-refractivity contribution < 1.29 is 14.0 Å². The summed E-state index contributed by atoms with van der Waals surface area (Å²) in [7, 11) is 1.67. The molecule has 8 heteroatoms. The third-order valence-corrected chi connectivity index (χ3v) is 4.07. The molecule has 1 heterocycles. The van der Waals surface area contributed by atoms with Crippen molar-refractivity contribution in [3.63, 3.8) is 0 Å². The van der Waals surface area contributed by atoms with Crippen molar-refractivity contribution in [3.8, 4) is 11.5 Å². The van der Waals surface area contributed by atoms with Crippen molar-refractivity contribution in [1.29, 1.82) is 0 Å². The Hall–Kier alpha value is -2.45. The molecular formula is C21H33N5O3. The lowest BCUT2D eigenvalue weighted by atomic mass is 10.1. The molecule has 0 aliphatic rings. The van der Waals surface area contributed by atoms with E-state index in [1.54, 1.807) is 7.11 Å². The number of nitrogens with zero attached hydrogens (tertiary/aromatic N) is 3. The summed E-state index contributed by atoms with van der Waals surface area (Å²) >= 11 is 0. The van der Waals surface area contributed by atoms with Crippen molar-refractivity contribution in [2.75, 3.05) is 40.0 Å². The van der Waals surface area contributed by atoms with E-state index in [1.165, 1.54) is 0 Å². The van der Waals surface area contributed by atoms with E-state index in [-0.39, 0.29) is 0 Å². The van der Waals surface area contributed by atoms with Crippen LogP contribution in [0.4, 0.5) is 0 Å². The third kappa shape index (κ3) is 8.62. The Morgan fingerprint density at radius 3 is 2.86 bits per heavy atom. The molecule has 0 saturated carbocycles. The van der Waals surface area contributed by atoms with Gasteiger partial charge in [0.25, 0.3) is 5.89 Å². The van der Waals surface area contributed by atoms with Crippen LogP contribution in [-0.2, 0) is 22.4 Å². The minimum absolute atomic E-state index is 0.554. The number of aliphatic imine (C=N–C) groups is 1. The quantitative estimate of drug-likeness (QED) is 0.302. The van der Waals surface area contributed by atoms with E-state index in [1.807, 2.05) is 24.3 Å². The number of aryl methyl sites for hydroxylation is 1. The molecule has 2 aromatic rings. The van der Waals surface area contributed by atoms with Crippen molar-refractivity contribution >= 4 is 5.96 Å². The highest BCUT2D eigenvalue weighted by atomic mass is 16.5. The largest absolute Gasteiger partial charge is 0.382 e. The van der Waals surface area contributed by atoms with E-state index < -0.39 is 0 Å². The van der Waals surface area contributed by atoms with Crippen molar-refractivity contribution in [2.24, 2.45) is 4.99 Å². The first kappa shape index (κ1) is 22.8. The van der Waals surface area contributed by atoms with E-state index in [0.717, 1.165) is 55.3 Å². The lowest BCUT2D eigenvalue weighted by Crippen LogP contribution is -2.38. The molecule has 1 aromatic heterocycles. The van der Waals surface area contributed by atoms with Crippen LogP contribution in [0.15, 0.2) is 33.8 Å². The second-order valence-electron chi connectivity index (χ2n) is 6.55. The zero-order chi connectivity index (χ0) is 20.7. The van der Waals surface area contributed by atoms with E-state index in [9.17, 15) is 0 Å². The number of aromatic nitrogens is 2. The van der Waals surface area contributed by atoms with Gasteiger partial charge in [-0.05, 0) is 37.5 Å². The molecule has 0 fully saturated rings. The van der Waals surface area contributed by atoms with Crippen LogP contribution in [0.1, 0.15) is 38.1 Å². The minimum atomic E-state index is 0.554. The Morgan fingerprint density at radius 2 is 2.07 bits per heavy atom. The van der Waals surface area contributed by atoms with Gasteiger partial charge in [0, 0.05) is 38.8 Å². The summed E-state index contributed by atoms with van der Waals surface area (Å²) in [4.78, 5) is 9.12. The zero-order valence-corrected chi connectivity index (χ0v) is 17.7. The Bertz CT molecular complexity index is 733. The van der Waals surface area contributed by atoms with Crippen LogP contribution in [0.2, 0.25) is 0 Å². The number of methoxy groups -OCH3 is 1. The van der Waals surface area contributed by atoms with Crippen molar-refractivity contribution in [3.05, 3.63) is 35.7 Å². The zero-order valence-electron chi connectivity index (χ0n) is 17.7. The van der Waals surface area contributed by atoms with Crippen LogP contribution < -0.4 is 10.6 Å². The highest BCUT2D eigenvalue weighted by Gasteiger charge is 2.08. The van der Waals surface area contributed by atoms with E-state index in [0.29, 0.717) is 32.3 Å². The highest BCUT2D eigenvalue weighted by molar-refractivity contribution is 5.79. The van der Waals surface area contributed by atoms with E-state index in [4.69, 9.17) is 14.0 Å². The van der Waals surface area contributed by atoms with Gasteiger partial charge in [-0.2, -0.15) is 4.98 Å². The summed E-state index contributed by atoms with van der Waals surface area (Å²) in [6, 6.07) is 8.05. The molecule has 1 aromatic carbocycles. The van der Waals surface area contributed by atoms with Crippen LogP contribution in [0, 0.1) is 0 Å². The van der Waals surface area contributed by atoms with Gasteiger partial charge in [-0.3, -0.25) is 0 Å². The minimum Gasteiger partial charge on any atom is -0.382 e. The topological polar surface area (TPSA) is 93.8 Å².